The minimum absolute atomic E-state index is 0.0490. The van der Waals surface area contributed by atoms with Gasteiger partial charge in [-0.1, -0.05) is 17.7 Å². The van der Waals surface area contributed by atoms with E-state index in [0.717, 1.165) is 42.5 Å². The normalized spacial score (nSPS) is 11.6. The van der Waals surface area contributed by atoms with E-state index in [1.165, 1.54) is 26.4 Å². The van der Waals surface area contributed by atoms with Crippen LogP contribution in [0.15, 0.2) is 65.6 Å². The fourth-order valence-corrected chi connectivity index (χ4v) is 4.77. The van der Waals surface area contributed by atoms with Gasteiger partial charge in [-0.15, -0.1) is 0 Å². The molecule has 0 bridgehead atoms. The van der Waals surface area contributed by atoms with Crippen LogP contribution in [0, 0.1) is 5.82 Å². The number of carbonyl (C=O) groups is 1. The molecule has 3 rings (SSSR count). The number of hydrogen-bond donors (Lipinski definition) is 1. The van der Waals surface area contributed by atoms with Crippen LogP contribution in [0.4, 0.5) is 28.9 Å². The number of methoxy groups -OCH3 is 2. The van der Waals surface area contributed by atoms with Crippen LogP contribution in [0.1, 0.15) is 5.56 Å². The van der Waals surface area contributed by atoms with Gasteiger partial charge in [0.15, 0.2) is 11.5 Å². The zero-order chi connectivity index (χ0) is 26.7. The molecular formula is C23H19ClF4N2O5S. The van der Waals surface area contributed by atoms with Crippen molar-refractivity contribution in [2.24, 2.45) is 0 Å². The molecule has 0 saturated carbocycles. The van der Waals surface area contributed by atoms with E-state index in [0.29, 0.717) is 10.4 Å². The van der Waals surface area contributed by atoms with E-state index in [-0.39, 0.29) is 27.1 Å². The summed E-state index contributed by atoms with van der Waals surface area (Å²) in [5.74, 6) is -1.39. The second kappa shape index (κ2) is 10.6. The largest absolute Gasteiger partial charge is 0.493 e. The summed E-state index contributed by atoms with van der Waals surface area (Å²) in [4.78, 5) is 12.4. The molecule has 3 aromatic carbocycles. The zero-order valence-corrected chi connectivity index (χ0v) is 20.3. The van der Waals surface area contributed by atoms with Gasteiger partial charge in [0.25, 0.3) is 10.0 Å². The summed E-state index contributed by atoms with van der Waals surface area (Å²) in [5, 5.41) is 2.07. The van der Waals surface area contributed by atoms with Crippen LogP contribution in [0.2, 0.25) is 5.02 Å². The summed E-state index contributed by atoms with van der Waals surface area (Å²) in [6.07, 6.45) is -4.76. The molecule has 36 heavy (non-hydrogen) atoms. The molecule has 3 aromatic rings. The Morgan fingerprint density at radius 2 is 1.69 bits per heavy atom. The standard InChI is InChI=1S/C23H19ClF4N2O5S/c1-34-20-9-7-17(12-21(20)35-2)36(32,33)30(16-5-3-4-14(10-16)23(26,27)28)13-22(31)29-15-6-8-19(25)18(24)11-15/h3-12H,13H2,1-2H3,(H,29,31). The molecule has 0 aliphatic heterocycles. The van der Waals surface area contributed by atoms with Gasteiger partial charge in [-0.3, -0.25) is 9.10 Å². The van der Waals surface area contributed by atoms with Crippen molar-refractivity contribution in [3.8, 4) is 11.5 Å². The van der Waals surface area contributed by atoms with E-state index >= 15 is 0 Å². The Morgan fingerprint density at radius 3 is 2.31 bits per heavy atom. The molecule has 13 heteroatoms. The Balaban J connectivity index is 2.06. The van der Waals surface area contributed by atoms with Crippen molar-refractivity contribution in [1.82, 2.24) is 0 Å². The highest BCUT2D eigenvalue weighted by Crippen LogP contribution is 2.35. The first-order valence-electron chi connectivity index (χ1n) is 10.0. The Morgan fingerprint density at radius 1 is 1.00 bits per heavy atom. The number of nitrogens with zero attached hydrogens (tertiary/aromatic N) is 1. The average Bonchev–Trinajstić information content (AvgIpc) is 2.83. The molecule has 0 fully saturated rings. The molecule has 0 aliphatic rings. The van der Waals surface area contributed by atoms with Gasteiger partial charge in [0.05, 0.1) is 35.4 Å². The predicted octanol–water partition coefficient (Wildman–Crippen LogP) is 5.35. The summed E-state index contributed by atoms with van der Waals surface area (Å²) < 4.78 is 91.2. The third-order valence-corrected chi connectivity index (χ3v) is 6.95. The molecule has 0 atom stereocenters. The van der Waals surface area contributed by atoms with Gasteiger partial charge in [0, 0.05) is 11.8 Å². The van der Waals surface area contributed by atoms with Crippen LogP contribution in [-0.4, -0.2) is 35.1 Å². The predicted molar refractivity (Wildman–Crippen MR) is 126 cm³/mol. The quantitative estimate of drug-likeness (QED) is 0.385. The van der Waals surface area contributed by atoms with Crippen molar-refractivity contribution < 1.29 is 40.2 Å². The first kappa shape index (κ1) is 27.1. The lowest BCUT2D eigenvalue weighted by atomic mass is 10.2. The third-order valence-electron chi connectivity index (χ3n) is 4.90. The van der Waals surface area contributed by atoms with Crippen molar-refractivity contribution in [3.05, 3.63) is 77.1 Å². The Hall–Kier alpha value is -3.51. The van der Waals surface area contributed by atoms with Gasteiger partial charge in [-0.05, 0) is 48.5 Å². The zero-order valence-electron chi connectivity index (χ0n) is 18.8. The minimum atomic E-state index is -4.76. The van der Waals surface area contributed by atoms with Crippen molar-refractivity contribution >= 4 is 38.9 Å². The highest BCUT2D eigenvalue weighted by molar-refractivity contribution is 7.92. The molecule has 0 spiro atoms. The van der Waals surface area contributed by atoms with Crippen LogP contribution >= 0.6 is 11.6 Å². The van der Waals surface area contributed by atoms with Crippen LogP contribution in [0.25, 0.3) is 0 Å². The maximum absolute atomic E-state index is 13.5. The number of amides is 1. The summed E-state index contributed by atoms with van der Waals surface area (Å²) in [6.45, 7) is -0.910. The highest BCUT2D eigenvalue weighted by Gasteiger charge is 2.33. The van der Waals surface area contributed by atoms with Crippen molar-refractivity contribution in [3.63, 3.8) is 0 Å². The van der Waals surface area contributed by atoms with E-state index in [4.69, 9.17) is 21.1 Å². The van der Waals surface area contributed by atoms with E-state index in [9.17, 15) is 30.8 Å². The monoisotopic (exact) mass is 546 g/mol. The molecule has 0 saturated heterocycles. The van der Waals surface area contributed by atoms with Crippen LogP contribution in [0.3, 0.4) is 0 Å². The first-order chi connectivity index (χ1) is 16.9. The number of sulfonamides is 1. The topological polar surface area (TPSA) is 84.9 Å². The second-order valence-corrected chi connectivity index (χ2v) is 9.52. The molecule has 0 heterocycles. The number of rotatable bonds is 8. The van der Waals surface area contributed by atoms with Crippen molar-refractivity contribution in [2.45, 2.75) is 11.1 Å². The number of halogens is 5. The number of benzene rings is 3. The van der Waals surface area contributed by atoms with E-state index in [2.05, 4.69) is 5.32 Å². The lowest BCUT2D eigenvalue weighted by molar-refractivity contribution is -0.137. The molecule has 1 N–H and O–H groups in total. The van der Waals surface area contributed by atoms with Crippen molar-refractivity contribution in [1.29, 1.82) is 0 Å². The lowest BCUT2D eigenvalue weighted by Gasteiger charge is -2.25. The maximum atomic E-state index is 13.5. The van der Waals surface area contributed by atoms with Crippen LogP contribution < -0.4 is 19.1 Å². The van der Waals surface area contributed by atoms with Gasteiger partial charge in [0.1, 0.15) is 12.4 Å². The fourth-order valence-electron chi connectivity index (χ4n) is 3.16. The molecule has 0 radical (unpaired) electrons. The Kier molecular flexibility index (Phi) is 7.99. The molecular weight excluding hydrogens is 528 g/mol. The van der Waals surface area contributed by atoms with Gasteiger partial charge < -0.3 is 14.8 Å². The van der Waals surface area contributed by atoms with Gasteiger partial charge in [-0.2, -0.15) is 13.2 Å². The summed E-state index contributed by atoms with van der Waals surface area (Å²) in [5.41, 5.74) is -1.47. The second-order valence-electron chi connectivity index (χ2n) is 7.25. The van der Waals surface area contributed by atoms with E-state index < -0.39 is 45.7 Å². The Bertz CT molecular complexity index is 1380. The smallest absolute Gasteiger partial charge is 0.416 e. The van der Waals surface area contributed by atoms with Crippen molar-refractivity contribution in [2.75, 3.05) is 30.4 Å². The molecule has 7 nitrogen and oxygen atoms in total. The number of anilines is 2. The number of ether oxygens (including phenoxy) is 2. The van der Waals surface area contributed by atoms with Gasteiger partial charge in [-0.25, -0.2) is 12.8 Å². The van der Waals surface area contributed by atoms with E-state index in [1.807, 2.05) is 0 Å². The molecule has 0 aliphatic carbocycles. The SMILES string of the molecule is COc1ccc(S(=O)(=O)N(CC(=O)Nc2ccc(F)c(Cl)c2)c2cccc(C(F)(F)F)c2)cc1OC. The molecule has 1 amide bonds. The van der Waals surface area contributed by atoms with E-state index in [1.54, 1.807) is 0 Å². The van der Waals surface area contributed by atoms with Gasteiger partial charge in [0.2, 0.25) is 5.91 Å². The Labute approximate surface area is 209 Å². The summed E-state index contributed by atoms with van der Waals surface area (Å²) >= 11 is 5.70. The highest BCUT2D eigenvalue weighted by atomic mass is 35.5. The summed E-state index contributed by atoms with van der Waals surface area (Å²) in [6, 6.07) is 10.4. The number of carbonyl (C=O) groups excluding carboxylic acids is 1. The van der Waals surface area contributed by atoms with Crippen LogP contribution in [-0.2, 0) is 21.0 Å². The molecule has 192 valence electrons. The maximum Gasteiger partial charge on any atom is 0.416 e. The number of hydrogen-bond acceptors (Lipinski definition) is 5. The average molecular weight is 547 g/mol. The number of nitrogens with one attached hydrogen (secondary N) is 1. The van der Waals surface area contributed by atoms with Crippen LogP contribution in [0.5, 0.6) is 11.5 Å². The fraction of sp³-hybridized carbons (Fsp3) is 0.174. The minimum Gasteiger partial charge on any atom is -0.493 e. The number of alkyl halides is 3. The first-order valence-corrected chi connectivity index (χ1v) is 11.9. The third kappa shape index (κ3) is 6.00. The summed E-state index contributed by atoms with van der Waals surface area (Å²) in [7, 11) is -1.97. The lowest BCUT2D eigenvalue weighted by Crippen LogP contribution is -2.38. The van der Waals surface area contributed by atoms with Gasteiger partial charge >= 0.3 is 6.18 Å². The molecule has 0 aromatic heterocycles. The molecule has 0 unspecified atom stereocenters.